The molecule has 0 aromatic heterocycles. The maximum Gasteiger partial charge on any atom is 0.128 e. The fourth-order valence-electron chi connectivity index (χ4n) is 2.96. The molecule has 0 fully saturated rings. The summed E-state index contributed by atoms with van der Waals surface area (Å²) in [6.07, 6.45) is 9.72. The molecule has 0 spiro atoms. The third kappa shape index (κ3) is 2.49. The first-order valence-corrected chi connectivity index (χ1v) is 7.11. The van der Waals surface area contributed by atoms with Crippen molar-refractivity contribution in [2.45, 2.75) is 32.8 Å². The highest BCUT2D eigenvalue weighted by atomic mass is 16.5. The quantitative estimate of drug-likeness (QED) is 0.690. The van der Waals surface area contributed by atoms with Gasteiger partial charge in [-0.3, -0.25) is 0 Å². The van der Waals surface area contributed by atoms with Crippen LogP contribution in [0.3, 0.4) is 0 Å². The second kappa shape index (κ2) is 4.82. The van der Waals surface area contributed by atoms with Crippen LogP contribution in [0.4, 0.5) is 0 Å². The molecule has 1 aliphatic heterocycles. The van der Waals surface area contributed by atoms with Crippen LogP contribution >= 0.6 is 0 Å². The summed E-state index contributed by atoms with van der Waals surface area (Å²) < 4.78 is 6.09. The molecule has 0 bridgehead atoms. The highest BCUT2D eigenvalue weighted by molar-refractivity contribution is 5.66. The second-order valence-electron chi connectivity index (χ2n) is 5.96. The van der Waals surface area contributed by atoms with E-state index in [2.05, 4.69) is 69.3 Å². The van der Waals surface area contributed by atoms with Gasteiger partial charge in [0.25, 0.3) is 0 Å². The molecular weight excluding hydrogens is 244 g/mol. The van der Waals surface area contributed by atoms with E-state index in [9.17, 15) is 0 Å². The summed E-state index contributed by atoms with van der Waals surface area (Å²) >= 11 is 0. The molecule has 0 radical (unpaired) electrons. The Labute approximate surface area is 121 Å². The van der Waals surface area contributed by atoms with Crippen molar-refractivity contribution >= 4 is 6.08 Å². The van der Waals surface area contributed by atoms with Crippen LogP contribution in [-0.2, 0) is 4.74 Å². The van der Waals surface area contributed by atoms with Gasteiger partial charge in [-0.25, -0.2) is 0 Å². The van der Waals surface area contributed by atoms with E-state index in [1.807, 2.05) is 6.07 Å². The standard InChI is InChI=1S/C19H20O/c1-14-13-19(2,3)20-17-11-7-10-16(18(14)17)12-15-8-5-4-6-9-15/h4-9,11-13H,10H2,1-3H3. The van der Waals surface area contributed by atoms with Crippen LogP contribution in [0, 0.1) is 0 Å². The van der Waals surface area contributed by atoms with Crippen molar-refractivity contribution in [3.05, 3.63) is 76.6 Å². The average molecular weight is 264 g/mol. The Morgan fingerprint density at radius 2 is 1.90 bits per heavy atom. The van der Waals surface area contributed by atoms with Gasteiger partial charge in [0.2, 0.25) is 0 Å². The molecule has 0 N–H and O–H groups in total. The number of hydrogen-bond acceptors (Lipinski definition) is 1. The summed E-state index contributed by atoms with van der Waals surface area (Å²) in [5, 5.41) is 0. The Kier molecular flexibility index (Phi) is 3.13. The van der Waals surface area contributed by atoms with Crippen molar-refractivity contribution < 1.29 is 4.74 Å². The van der Waals surface area contributed by atoms with Gasteiger partial charge in [0, 0.05) is 5.57 Å². The molecule has 20 heavy (non-hydrogen) atoms. The maximum absolute atomic E-state index is 6.09. The first-order chi connectivity index (χ1) is 9.55. The monoisotopic (exact) mass is 264 g/mol. The zero-order chi connectivity index (χ0) is 14.2. The molecule has 0 unspecified atom stereocenters. The van der Waals surface area contributed by atoms with Gasteiger partial charge in [0.1, 0.15) is 11.4 Å². The van der Waals surface area contributed by atoms with Gasteiger partial charge in [0.15, 0.2) is 0 Å². The van der Waals surface area contributed by atoms with Crippen molar-refractivity contribution in [3.8, 4) is 0 Å². The van der Waals surface area contributed by atoms with Crippen LogP contribution in [-0.4, -0.2) is 5.60 Å². The Morgan fingerprint density at radius 3 is 2.65 bits per heavy atom. The number of allylic oxidation sites excluding steroid dienone is 5. The van der Waals surface area contributed by atoms with Crippen LogP contribution in [0.2, 0.25) is 0 Å². The molecule has 3 rings (SSSR count). The topological polar surface area (TPSA) is 9.23 Å². The molecule has 1 aromatic carbocycles. The van der Waals surface area contributed by atoms with Gasteiger partial charge in [-0.05, 0) is 56.1 Å². The third-order valence-corrected chi connectivity index (χ3v) is 3.65. The lowest BCUT2D eigenvalue weighted by atomic mass is 9.86. The van der Waals surface area contributed by atoms with E-state index in [0.717, 1.165) is 12.2 Å². The molecule has 1 heterocycles. The van der Waals surface area contributed by atoms with E-state index in [1.165, 1.54) is 22.3 Å². The lowest BCUT2D eigenvalue weighted by Crippen LogP contribution is -2.26. The van der Waals surface area contributed by atoms with Crippen LogP contribution in [0.25, 0.3) is 6.08 Å². The maximum atomic E-state index is 6.09. The molecule has 1 nitrogen and oxygen atoms in total. The van der Waals surface area contributed by atoms with Crippen LogP contribution in [0.15, 0.2) is 71.0 Å². The van der Waals surface area contributed by atoms with E-state index in [0.29, 0.717) is 0 Å². The largest absolute Gasteiger partial charge is 0.483 e. The van der Waals surface area contributed by atoms with Gasteiger partial charge < -0.3 is 4.74 Å². The van der Waals surface area contributed by atoms with Crippen LogP contribution in [0.5, 0.6) is 0 Å². The zero-order valence-corrected chi connectivity index (χ0v) is 12.3. The number of hydrogen-bond donors (Lipinski definition) is 0. The van der Waals surface area contributed by atoms with Gasteiger partial charge in [-0.1, -0.05) is 42.5 Å². The Bertz CT molecular complexity index is 640. The molecule has 1 aliphatic carbocycles. The Morgan fingerprint density at radius 1 is 1.15 bits per heavy atom. The number of ether oxygens (including phenoxy) is 1. The number of rotatable bonds is 1. The molecule has 0 saturated heterocycles. The van der Waals surface area contributed by atoms with E-state index in [-0.39, 0.29) is 5.60 Å². The normalized spacial score (nSPS) is 22.4. The zero-order valence-electron chi connectivity index (χ0n) is 12.3. The highest BCUT2D eigenvalue weighted by Gasteiger charge is 2.28. The summed E-state index contributed by atoms with van der Waals surface area (Å²) in [7, 11) is 0. The van der Waals surface area contributed by atoms with E-state index in [4.69, 9.17) is 4.74 Å². The SMILES string of the molecule is CC1=CC(C)(C)OC2=C1C(=Cc1ccccc1)CC=C2. The molecule has 0 atom stereocenters. The molecule has 102 valence electrons. The minimum Gasteiger partial charge on any atom is -0.483 e. The van der Waals surface area contributed by atoms with Crippen molar-refractivity contribution in [1.82, 2.24) is 0 Å². The lowest BCUT2D eigenvalue weighted by Gasteiger charge is -2.33. The van der Waals surface area contributed by atoms with E-state index < -0.39 is 0 Å². The fourth-order valence-corrected chi connectivity index (χ4v) is 2.96. The van der Waals surface area contributed by atoms with E-state index in [1.54, 1.807) is 0 Å². The second-order valence-corrected chi connectivity index (χ2v) is 5.96. The van der Waals surface area contributed by atoms with Gasteiger partial charge in [-0.2, -0.15) is 0 Å². The molecule has 1 aromatic rings. The molecular formula is C19H20O. The van der Waals surface area contributed by atoms with Crippen LogP contribution in [0.1, 0.15) is 32.8 Å². The molecule has 1 heteroatoms. The van der Waals surface area contributed by atoms with Crippen molar-refractivity contribution in [2.75, 3.05) is 0 Å². The van der Waals surface area contributed by atoms with Crippen molar-refractivity contribution in [1.29, 1.82) is 0 Å². The predicted molar refractivity (Wildman–Crippen MR) is 84.1 cm³/mol. The summed E-state index contributed by atoms with van der Waals surface area (Å²) in [5.41, 5.74) is 4.92. The highest BCUT2D eigenvalue weighted by Crippen LogP contribution is 2.39. The molecule has 0 saturated carbocycles. The summed E-state index contributed by atoms with van der Waals surface area (Å²) in [6.45, 7) is 6.38. The fraction of sp³-hybridized carbons (Fsp3) is 0.263. The first-order valence-electron chi connectivity index (χ1n) is 7.11. The summed E-state index contributed by atoms with van der Waals surface area (Å²) in [5.74, 6) is 1.00. The third-order valence-electron chi connectivity index (χ3n) is 3.65. The van der Waals surface area contributed by atoms with Gasteiger partial charge in [0.05, 0.1) is 0 Å². The van der Waals surface area contributed by atoms with Crippen molar-refractivity contribution in [2.24, 2.45) is 0 Å². The molecule has 0 amide bonds. The van der Waals surface area contributed by atoms with Crippen molar-refractivity contribution in [3.63, 3.8) is 0 Å². The summed E-state index contributed by atoms with van der Waals surface area (Å²) in [6, 6.07) is 10.5. The average Bonchev–Trinajstić information content (AvgIpc) is 2.38. The first kappa shape index (κ1) is 13.0. The molecule has 2 aliphatic rings. The minimum atomic E-state index is -0.220. The van der Waals surface area contributed by atoms with E-state index >= 15 is 0 Å². The minimum absolute atomic E-state index is 0.220. The van der Waals surface area contributed by atoms with Gasteiger partial charge >= 0.3 is 0 Å². The predicted octanol–water partition coefficient (Wildman–Crippen LogP) is 5.04. The Balaban J connectivity index is 2.04. The number of benzene rings is 1. The Hall–Kier alpha value is -2.02. The summed E-state index contributed by atoms with van der Waals surface area (Å²) in [4.78, 5) is 0. The smallest absolute Gasteiger partial charge is 0.128 e. The van der Waals surface area contributed by atoms with Crippen LogP contribution < -0.4 is 0 Å². The van der Waals surface area contributed by atoms with Gasteiger partial charge in [-0.15, -0.1) is 0 Å². The lowest BCUT2D eigenvalue weighted by molar-refractivity contribution is 0.0797.